The van der Waals surface area contributed by atoms with Gasteiger partial charge in [0.25, 0.3) is 0 Å². The molecule has 0 rings (SSSR count). The van der Waals surface area contributed by atoms with E-state index in [1.54, 1.807) is 0 Å². The average molecular weight is 399 g/mol. The van der Waals surface area contributed by atoms with Gasteiger partial charge in [-0.15, -0.1) is 0 Å². The van der Waals surface area contributed by atoms with Crippen molar-refractivity contribution in [2.24, 2.45) is 0 Å². The van der Waals surface area contributed by atoms with Gasteiger partial charge in [-0.05, 0) is 6.42 Å². The molecule has 164 valence electrons. The van der Waals surface area contributed by atoms with Gasteiger partial charge in [0.1, 0.15) is 12.7 Å². The fraction of sp³-hybridized carbons (Fsp3) is 1.00. The zero-order valence-corrected chi connectivity index (χ0v) is 17.2. The Morgan fingerprint density at radius 3 is 1.52 bits per heavy atom. The van der Waals surface area contributed by atoms with Gasteiger partial charge in [-0.1, -0.05) is 90.4 Å². The van der Waals surface area contributed by atoms with Crippen LogP contribution in [0.5, 0.6) is 0 Å². The highest BCUT2D eigenvalue weighted by molar-refractivity contribution is 4.54. The normalized spacial score (nSPS) is 13.2. The van der Waals surface area contributed by atoms with Crippen molar-refractivity contribution in [2.45, 2.75) is 109 Å². The molecule has 0 aromatic heterocycles. The second-order valence-corrected chi connectivity index (χ2v) is 7.46. The Morgan fingerprint density at radius 2 is 1.07 bits per heavy atom. The average Bonchev–Trinajstić information content (AvgIpc) is 2.60. The summed E-state index contributed by atoms with van der Waals surface area (Å²) in [6.45, 7) is 1.13. The molecule has 3 nitrogen and oxygen atoms in total. The summed E-state index contributed by atoms with van der Waals surface area (Å²) < 4.78 is 45.3. The summed E-state index contributed by atoms with van der Waals surface area (Å²) in [7, 11) is 0. The molecule has 0 amide bonds. The van der Waals surface area contributed by atoms with E-state index in [9.17, 15) is 18.3 Å². The molecule has 0 saturated carbocycles. The van der Waals surface area contributed by atoms with Gasteiger partial charge >= 0.3 is 6.18 Å². The van der Waals surface area contributed by atoms with E-state index in [2.05, 4.69) is 11.7 Å². The number of aliphatic hydroxyl groups is 1. The molecule has 0 spiro atoms. The van der Waals surface area contributed by atoms with Crippen molar-refractivity contribution in [3.8, 4) is 0 Å². The molecule has 27 heavy (non-hydrogen) atoms. The van der Waals surface area contributed by atoms with Crippen molar-refractivity contribution < 1.29 is 27.8 Å². The fourth-order valence-electron chi connectivity index (χ4n) is 2.98. The van der Waals surface area contributed by atoms with E-state index in [0.717, 1.165) is 12.8 Å². The van der Waals surface area contributed by atoms with Gasteiger partial charge in [0, 0.05) is 6.61 Å². The summed E-state index contributed by atoms with van der Waals surface area (Å²) >= 11 is 0. The molecule has 1 atom stereocenters. The highest BCUT2D eigenvalue weighted by Gasteiger charge is 2.27. The topological polar surface area (TPSA) is 38.7 Å². The smallest absolute Gasteiger partial charge is 0.388 e. The first-order valence-corrected chi connectivity index (χ1v) is 10.9. The summed E-state index contributed by atoms with van der Waals surface area (Å²) in [5.41, 5.74) is 0. The molecule has 0 aromatic carbocycles. The fourth-order valence-corrected chi connectivity index (χ4v) is 2.98. The lowest BCUT2D eigenvalue weighted by Crippen LogP contribution is -2.26. The third kappa shape index (κ3) is 23.6. The minimum absolute atomic E-state index is 0.0241. The molecule has 0 saturated heterocycles. The molecule has 1 N–H and O–H groups in total. The highest BCUT2D eigenvalue weighted by Crippen LogP contribution is 2.15. The molecular weight excluding hydrogens is 357 g/mol. The summed E-state index contributed by atoms with van der Waals surface area (Å²) in [5.74, 6) is 0. The lowest BCUT2D eigenvalue weighted by Gasteiger charge is -2.13. The van der Waals surface area contributed by atoms with E-state index in [1.165, 1.54) is 77.0 Å². The summed E-state index contributed by atoms with van der Waals surface area (Å²) in [4.78, 5) is 0. The van der Waals surface area contributed by atoms with Gasteiger partial charge < -0.3 is 14.6 Å². The van der Waals surface area contributed by atoms with Crippen LogP contribution in [0.25, 0.3) is 0 Å². The van der Waals surface area contributed by atoms with Crippen molar-refractivity contribution in [3.05, 3.63) is 0 Å². The van der Waals surface area contributed by atoms with E-state index >= 15 is 0 Å². The first kappa shape index (κ1) is 26.7. The minimum atomic E-state index is -4.35. The Morgan fingerprint density at radius 1 is 0.667 bits per heavy atom. The number of rotatable bonds is 20. The molecule has 1 unspecified atom stereocenters. The molecule has 0 aliphatic heterocycles. The van der Waals surface area contributed by atoms with Crippen molar-refractivity contribution in [2.75, 3.05) is 26.4 Å². The first-order chi connectivity index (χ1) is 13.0. The van der Waals surface area contributed by atoms with Crippen LogP contribution in [0.15, 0.2) is 0 Å². The maximum absolute atomic E-state index is 11.9. The molecule has 0 aliphatic carbocycles. The standard InChI is InChI=1S/C21H41F3O3/c1-2-3-4-5-6-7-8-9-10-11-12-13-14-15-16-26-17-20(25)18-27-19-21(22,23)24/h20,25H,2-19H2,1H3. The Kier molecular flexibility index (Phi) is 18.8. The van der Waals surface area contributed by atoms with Crippen molar-refractivity contribution in [1.29, 1.82) is 0 Å². The van der Waals surface area contributed by atoms with Crippen molar-refractivity contribution in [3.63, 3.8) is 0 Å². The van der Waals surface area contributed by atoms with Gasteiger partial charge in [0.05, 0.1) is 13.2 Å². The van der Waals surface area contributed by atoms with Crippen LogP contribution in [0.1, 0.15) is 96.8 Å². The molecule has 0 aliphatic rings. The van der Waals surface area contributed by atoms with Crippen LogP contribution < -0.4 is 0 Å². The van der Waals surface area contributed by atoms with Gasteiger partial charge in [0.15, 0.2) is 0 Å². The monoisotopic (exact) mass is 398 g/mol. The molecular formula is C21H41F3O3. The van der Waals surface area contributed by atoms with E-state index < -0.39 is 18.9 Å². The second-order valence-electron chi connectivity index (χ2n) is 7.46. The lowest BCUT2D eigenvalue weighted by atomic mass is 10.0. The Labute approximate surface area is 164 Å². The zero-order valence-electron chi connectivity index (χ0n) is 17.2. The van der Waals surface area contributed by atoms with Crippen molar-refractivity contribution >= 4 is 0 Å². The summed E-state index contributed by atoms with van der Waals surface area (Å²) in [5, 5.41) is 9.44. The molecule has 0 aromatic rings. The number of hydrogen-bond donors (Lipinski definition) is 1. The van der Waals surface area contributed by atoms with Crippen LogP contribution >= 0.6 is 0 Å². The summed E-state index contributed by atoms with van der Waals surface area (Å²) in [6, 6.07) is 0. The Hall–Kier alpha value is -0.330. The predicted molar refractivity (Wildman–Crippen MR) is 104 cm³/mol. The van der Waals surface area contributed by atoms with E-state index in [0.29, 0.717) is 6.61 Å². The highest BCUT2D eigenvalue weighted by atomic mass is 19.4. The van der Waals surface area contributed by atoms with Gasteiger partial charge in [-0.3, -0.25) is 0 Å². The van der Waals surface area contributed by atoms with Gasteiger partial charge in [0.2, 0.25) is 0 Å². The molecule has 0 fully saturated rings. The van der Waals surface area contributed by atoms with Gasteiger partial charge in [-0.25, -0.2) is 0 Å². The number of hydrogen-bond acceptors (Lipinski definition) is 3. The SMILES string of the molecule is CCCCCCCCCCCCCCCCOCC(O)COCC(F)(F)F. The molecule has 6 heteroatoms. The first-order valence-electron chi connectivity index (χ1n) is 10.9. The largest absolute Gasteiger partial charge is 0.411 e. The third-order valence-electron chi connectivity index (χ3n) is 4.53. The summed E-state index contributed by atoms with van der Waals surface area (Å²) in [6.07, 6.45) is 12.7. The second kappa shape index (κ2) is 19.0. The van der Waals surface area contributed by atoms with E-state index in [1.807, 2.05) is 0 Å². The Balaban J connectivity index is 3.14. The minimum Gasteiger partial charge on any atom is -0.388 e. The number of alkyl halides is 3. The maximum atomic E-state index is 11.9. The number of halogens is 3. The van der Waals surface area contributed by atoms with Crippen molar-refractivity contribution in [1.82, 2.24) is 0 Å². The molecule has 0 radical (unpaired) electrons. The molecule has 0 heterocycles. The third-order valence-corrected chi connectivity index (χ3v) is 4.53. The van der Waals surface area contributed by atoms with Crippen LogP contribution in [0.2, 0.25) is 0 Å². The predicted octanol–water partition coefficient (Wildman–Crippen LogP) is 6.42. The quantitative estimate of drug-likeness (QED) is 0.240. The van der Waals surface area contributed by atoms with Crippen LogP contribution in [-0.4, -0.2) is 43.8 Å². The maximum Gasteiger partial charge on any atom is 0.411 e. The van der Waals surface area contributed by atoms with Crippen LogP contribution in [0, 0.1) is 0 Å². The van der Waals surface area contributed by atoms with Crippen LogP contribution in [0.4, 0.5) is 13.2 Å². The van der Waals surface area contributed by atoms with Crippen LogP contribution in [0.3, 0.4) is 0 Å². The van der Waals surface area contributed by atoms with E-state index in [4.69, 9.17) is 4.74 Å². The number of aliphatic hydroxyl groups excluding tert-OH is 1. The molecule has 0 bridgehead atoms. The van der Waals surface area contributed by atoms with Crippen LogP contribution in [-0.2, 0) is 9.47 Å². The number of unbranched alkanes of at least 4 members (excludes halogenated alkanes) is 13. The lowest BCUT2D eigenvalue weighted by molar-refractivity contribution is -0.180. The van der Waals surface area contributed by atoms with E-state index in [-0.39, 0.29) is 13.2 Å². The Bertz CT molecular complexity index is 299. The van der Waals surface area contributed by atoms with Gasteiger partial charge in [-0.2, -0.15) is 13.2 Å². The zero-order chi connectivity index (χ0) is 20.2. The number of ether oxygens (including phenoxy) is 2.